The van der Waals surface area contributed by atoms with Gasteiger partial charge in [0.25, 0.3) is 0 Å². The number of benzene rings is 2. The van der Waals surface area contributed by atoms with Gasteiger partial charge in [-0.05, 0) is 56.3 Å². The normalized spacial score (nSPS) is 14.4. The minimum atomic E-state index is -0.243. The molecule has 1 N–H and O–H groups in total. The third kappa shape index (κ3) is 3.74. The van der Waals surface area contributed by atoms with Crippen LogP contribution in [0, 0.1) is 19.7 Å². The zero-order valence-corrected chi connectivity index (χ0v) is 15.9. The van der Waals surface area contributed by atoms with Crippen molar-refractivity contribution >= 4 is 28.4 Å². The summed E-state index contributed by atoms with van der Waals surface area (Å²) in [5.74, 6) is -0.243. The molecule has 0 unspecified atom stereocenters. The molecule has 1 fully saturated rings. The number of hydrogen-bond acceptors (Lipinski definition) is 4. The molecule has 0 aliphatic carbocycles. The van der Waals surface area contributed by atoms with Gasteiger partial charge in [-0.3, -0.25) is 0 Å². The van der Waals surface area contributed by atoms with Gasteiger partial charge in [0.2, 0.25) is 0 Å². The number of piperazine rings is 1. The van der Waals surface area contributed by atoms with E-state index in [1.807, 2.05) is 32.0 Å². The second-order valence-corrected chi connectivity index (χ2v) is 6.98. The molecule has 1 saturated heterocycles. The summed E-state index contributed by atoms with van der Waals surface area (Å²) in [4.78, 5) is 25.6. The molecule has 2 aromatic carbocycles. The number of nitrogens with zero attached hydrogens (tertiary/aromatic N) is 4. The third-order valence-corrected chi connectivity index (χ3v) is 5.09. The summed E-state index contributed by atoms with van der Waals surface area (Å²) < 4.78 is 13.1. The number of fused-ring (bicyclic) bond motifs is 1. The lowest BCUT2D eigenvalue weighted by atomic mass is 10.2. The van der Waals surface area contributed by atoms with Crippen LogP contribution in [0.1, 0.15) is 11.4 Å². The van der Waals surface area contributed by atoms with Crippen molar-refractivity contribution in [2.24, 2.45) is 0 Å². The SMILES string of the molecule is Cc1nc2ccc(NC(=O)N3CCN(c4ccc(F)cc4)CC3)cc2nc1C. The van der Waals surface area contributed by atoms with Gasteiger partial charge in [-0.25, -0.2) is 19.2 Å². The Hall–Kier alpha value is -3.22. The van der Waals surface area contributed by atoms with E-state index in [2.05, 4.69) is 20.2 Å². The topological polar surface area (TPSA) is 61.4 Å². The number of aryl methyl sites for hydroxylation is 2. The van der Waals surface area contributed by atoms with Crippen LogP contribution in [0.15, 0.2) is 42.5 Å². The number of hydrogen-bond donors (Lipinski definition) is 1. The number of carbonyl (C=O) groups excluding carboxylic acids is 1. The van der Waals surface area contributed by atoms with Gasteiger partial charge in [0.15, 0.2) is 0 Å². The quantitative estimate of drug-likeness (QED) is 0.737. The van der Waals surface area contributed by atoms with Crippen molar-refractivity contribution in [1.82, 2.24) is 14.9 Å². The first-order valence-corrected chi connectivity index (χ1v) is 9.31. The first-order chi connectivity index (χ1) is 13.5. The smallest absolute Gasteiger partial charge is 0.321 e. The zero-order chi connectivity index (χ0) is 19.7. The maximum Gasteiger partial charge on any atom is 0.321 e. The number of urea groups is 1. The summed E-state index contributed by atoms with van der Waals surface area (Å²) in [5.41, 5.74) is 5.04. The van der Waals surface area contributed by atoms with E-state index in [0.29, 0.717) is 31.9 Å². The molecule has 7 heteroatoms. The molecule has 0 spiro atoms. The number of nitrogens with one attached hydrogen (secondary N) is 1. The molecule has 1 aliphatic heterocycles. The summed E-state index contributed by atoms with van der Waals surface area (Å²) in [7, 11) is 0. The Balaban J connectivity index is 1.40. The van der Waals surface area contributed by atoms with Crippen LogP contribution in [0.3, 0.4) is 0 Å². The molecule has 2 amide bonds. The van der Waals surface area contributed by atoms with Crippen LogP contribution < -0.4 is 10.2 Å². The predicted octanol–water partition coefficient (Wildman–Crippen LogP) is 3.74. The lowest BCUT2D eigenvalue weighted by Gasteiger charge is -2.36. The van der Waals surface area contributed by atoms with Gasteiger partial charge >= 0.3 is 6.03 Å². The van der Waals surface area contributed by atoms with E-state index in [1.165, 1.54) is 12.1 Å². The number of carbonyl (C=O) groups is 1. The van der Waals surface area contributed by atoms with E-state index in [-0.39, 0.29) is 11.8 Å². The van der Waals surface area contributed by atoms with Gasteiger partial charge < -0.3 is 15.1 Å². The van der Waals surface area contributed by atoms with Gasteiger partial charge in [0.1, 0.15) is 5.82 Å². The highest BCUT2D eigenvalue weighted by Gasteiger charge is 2.21. The molecule has 0 bridgehead atoms. The first-order valence-electron chi connectivity index (χ1n) is 9.31. The minimum Gasteiger partial charge on any atom is -0.368 e. The fraction of sp³-hybridized carbons (Fsp3) is 0.286. The molecule has 144 valence electrons. The van der Waals surface area contributed by atoms with Gasteiger partial charge in [-0.2, -0.15) is 0 Å². The lowest BCUT2D eigenvalue weighted by Crippen LogP contribution is -2.50. The molecule has 2 heterocycles. The monoisotopic (exact) mass is 379 g/mol. The Labute approximate surface area is 163 Å². The summed E-state index contributed by atoms with van der Waals surface area (Å²) in [6, 6.07) is 11.9. The van der Waals surface area contributed by atoms with Crippen LogP contribution in [0.2, 0.25) is 0 Å². The van der Waals surface area contributed by atoms with E-state index in [0.717, 1.165) is 28.1 Å². The van der Waals surface area contributed by atoms with E-state index < -0.39 is 0 Å². The van der Waals surface area contributed by atoms with Crippen LogP contribution in [0.25, 0.3) is 11.0 Å². The van der Waals surface area contributed by atoms with E-state index in [9.17, 15) is 9.18 Å². The van der Waals surface area contributed by atoms with Gasteiger partial charge in [-0.15, -0.1) is 0 Å². The lowest BCUT2D eigenvalue weighted by molar-refractivity contribution is 0.208. The van der Waals surface area contributed by atoms with Crippen molar-refractivity contribution < 1.29 is 9.18 Å². The van der Waals surface area contributed by atoms with Crippen LogP contribution in [0.5, 0.6) is 0 Å². The van der Waals surface area contributed by atoms with Crippen LogP contribution >= 0.6 is 0 Å². The van der Waals surface area contributed by atoms with Crippen LogP contribution in [-0.2, 0) is 0 Å². The van der Waals surface area contributed by atoms with E-state index in [1.54, 1.807) is 17.0 Å². The molecule has 3 aromatic rings. The number of amides is 2. The average Bonchev–Trinajstić information content (AvgIpc) is 2.70. The Morgan fingerprint density at radius 1 is 0.929 bits per heavy atom. The molecule has 0 atom stereocenters. The number of aromatic nitrogens is 2. The maximum atomic E-state index is 13.1. The fourth-order valence-electron chi connectivity index (χ4n) is 3.33. The first kappa shape index (κ1) is 18.2. The van der Waals surface area contributed by atoms with E-state index in [4.69, 9.17) is 0 Å². The largest absolute Gasteiger partial charge is 0.368 e. The van der Waals surface area contributed by atoms with Gasteiger partial charge in [0.05, 0.1) is 22.4 Å². The highest BCUT2D eigenvalue weighted by Crippen LogP contribution is 2.20. The highest BCUT2D eigenvalue weighted by atomic mass is 19.1. The molecule has 28 heavy (non-hydrogen) atoms. The fourth-order valence-corrected chi connectivity index (χ4v) is 3.33. The average molecular weight is 379 g/mol. The molecule has 0 saturated carbocycles. The van der Waals surface area contributed by atoms with Crippen molar-refractivity contribution in [3.8, 4) is 0 Å². The molecule has 1 aliphatic rings. The Kier molecular flexibility index (Phi) is 4.81. The maximum absolute atomic E-state index is 13.1. The minimum absolute atomic E-state index is 0.130. The Morgan fingerprint density at radius 2 is 1.57 bits per heavy atom. The molecule has 6 nitrogen and oxygen atoms in total. The van der Waals surface area contributed by atoms with Crippen molar-refractivity contribution in [2.75, 3.05) is 36.4 Å². The van der Waals surface area contributed by atoms with Crippen molar-refractivity contribution in [2.45, 2.75) is 13.8 Å². The third-order valence-electron chi connectivity index (χ3n) is 5.09. The van der Waals surface area contributed by atoms with Crippen molar-refractivity contribution in [3.05, 3.63) is 59.7 Å². The zero-order valence-electron chi connectivity index (χ0n) is 15.9. The molecule has 1 aromatic heterocycles. The number of rotatable bonds is 2. The molecular formula is C21H22FN5O. The number of anilines is 2. The Bertz CT molecular complexity index is 1010. The number of halogens is 1. The van der Waals surface area contributed by atoms with Crippen LogP contribution in [-0.4, -0.2) is 47.1 Å². The highest BCUT2D eigenvalue weighted by molar-refractivity contribution is 5.92. The van der Waals surface area contributed by atoms with E-state index >= 15 is 0 Å². The summed E-state index contributed by atoms with van der Waals surface area (Å²) in [5, 5.41) is 2.95. The van der Waals surface area contributed by atoms with Crippen LogP contribution in [0.4, 0.5) is 20.6 Å². The Morgan fingerprint density at radius 3 is 2.25 bits per heavy atom. The molecular weight excluding hydrogens is 357 g/mol. The summed E-state index contributed by atoms with van der Waals surface area (Å²) in [6.45, 7) is 6.49. The molecule has 0 radical (unpaired) electrons. The standard InChI is InChI=1S/C21H22FN5O/c1-14-15(2)24-20-13-17(5-8-19(20)23-14)25-21(28)27-11-9-26(10-12-27)18-6-3-16(22)4-7-18/h3-8,13H,9-12H2,1-2H3,(H,25,28). The second kappa shape index (κ2) is 7.42. The molecule has 4 rings (SSSR count). The summed E-state index contributed by atoms with van der Waals surface area (Å²) in [6.07, 6.45) is 0. The summed E-state index contributed by atoms with van der Waals surface area (Å²) >= 11 is 0. The van der Waals surface area contributed by atoms with Gasteiger partial charge in [-0.1, -0.05) is 0 Å². The second-order valence-electron chi connectivity index (χ2n) is 6.98. The van der Waals surface area contributed by atoms with Crippen molar-refractivity contribution in [1.29, 1.82) is 0 Å². The van der Waals surface area contributed by atoms with Gasteiger partial charge in [0, 0.05) is 37.6 Å². The predicted molar refractivity (Wildman–Crippen MR) is 108 cm³/mol. The van der Waals surface area contributed by atoms with Crippen molar-refractivity contribution in [3.63, 3.8) is 0 Å².